The van der Waals surface area contributed by atoms with E-state index in [-0.39, 0.29) is 18.4 Å². The van der Waals surface area contributed by atoms with E-state index in [1.807, 2.05) is 13.0 Å². The Labute approximate surface area is 79.1 Å². The molecule has 0 aromatic carbocycles. The van der Waals surface area contributed by atoms with Crippen molar-refractivity contribution in [3.63, 3.8) is 0 Å². The first-order valence-electron chi connectivity index (χ1n) is 4.63. The summed E-state index contributed by atoms with van der Waals surface area (Å²) in [4.78, 5) is 11.1. The summed E-state index contributed by atoms with van der Waals surface area (Å²) in [6, 6.07) is 2.05. The molecule has 1 N–H and O–H groups in total. The summed E-state index contributed by atoms with van der Waals surface area (Å²) in [6.45, 7) is 6.41. The van der Waals surface area contributed by atoms with Crippen molar-refractivity contribution in [3.8, 4) is 6.07 Å². The van der Waals surface area contributed by atoms with Gasteiger partial charge in [-0.2, -0.15) is 5.26 Å². The Bertz CT molecular complexity index is 252. The van der Waals surface area contributed by atoms with E-state index in [1.165, 1.54) is 6.42 Å². The minimum Gasteiger partial charge on any atom is -0.352 e. The molecule has 0 heterocycles. The van der Waals surface area contributed by atoms with E-state index in [0.29, 0.717) is 11.3 Å². The first-order chi connectivity index (χ1) is 5.97. The van der Waals surface area contributed by atoms with E-state index < -0.39 is 0 Å². The van der Waals surface area contributed by atoms with Crippen molar-refractivity contribution in [3.05, 3.63) is 0 Å². The monoisotopic (exact) mass is 180 g/mol. The van der Waals surface area contributed by atoms with Crippen LogP contribution in [-0.2, 0) is 4.79 Å². The molecule has 1 saturated carbocycles. The molecule has 0 spiro atoms. The second kappa shape index (κ2) is 3.37. The van der Waals surface area contributed by atoms with Gasteiger partial charge >= 0.3 is 0 Å². The summed E-state index contributed by atoms with van der Waals surface area (Å²) in [7, 11) is 0. The molecular weight excluding hydrogens is 164 g/mol. The third-order valence-electron chi connectivity index (χ3n) is 2.82. The molecule has 0 aliphatic heterocycles. The zero-order valence-corrected chi connectivity index (χ0v) is 8.42. The lowest BCUT2D eigenvalue weighted by Gasteiger charge is -2.14. The highest BCUT2D eigenvalue weighted by molar-refractivity contribution is 5.78. The number of carbonyl (C=O) groups is 1. The minimum atomic E-state index is -0.155. The fourth-order valence-corrected chi connectivity index (χ4v) is 1.84. The van der Waals surface area contributed by atoms with Crippen LogP contribution in [0.4, 0.5) is 0 Å². The molecule has 2 unspecified atom stereocenters. The van der Waals surface area contributed by atoms with Gasteiger partial charge in [0.2, 0.25) is 5.91 Å². The molecule has 2 atom stereocenters. The van der Waals surface area contributed by atoms with Gasteiger partial charge in [-0.3, -0.25) is 4.79 Å². The molecule has 0 aromatic heterocycles. The van der Waals surface area contributed by atoms with E-state index in [2.05, 4.69) is 19.2 Å². The lowest BCUT2D eigenvalue weighted by molar-refractivity contribution is -0.120. The molecule has 0 radical (unpaired) electrons. The van der Waals surface area contributed by atoms with E-state index in [1.54, 1.807) is 0 Å². The van der Waals surface area contributed by atoms with Crippen molar-refractivity contribution in [2.75, 3.05) is 0 Å². The topological polar surface area (TPSA) is 52.9 Å². The Morgan fingerprint density at radius 3 is 2.69 bits per heavy atom. The second-order valence-electron chi connectivity index (χ2n) is 4.49. The van der Waals surface area contributed by atoms with Crippen molar-refractivity contribution in [2.24, 2.45) is 11.3 Å². The molecule has 72 valence electrons. The average molecular weight is 180 g/mol. The van der Waals surface area contributed by atoms with Crippen molar-refractivity contribution >= 4 is 5.91 Å². The molecule has 0 aromatic rings. The molecule has 3 heteroatoms. The van der Waals surface area contributed by atoms with E-state index in [4.69, 9.17) is 5.26 Å². The highest BCUT2D eigenvalue weighted by Gasteiger charge is 2.48. The van der Waals surface area contributed by atoms with Crippen LogP contribution in [0.2, 0.25) is 0 Å². The normalized spacial score (nSPS) is 25.8. The molecule has 13 heavy (non-hydrogen) atoms. The van der Waals surface area contributed by atoms with Crippen LogP contribution >= 0.6 is 0 Å². The van der Waals surface area contributed by atoms with Crippen LogP contribution in [0.1, 0.15) is 33.6 Å². The number of hydrogen-bond acceptors (Lipinski definition) is 2. The van der Waals surface area contributed by atoms with E-state index in [0.717, 1.165) is 0 Å². The van der Waals surface area contributed by atoms with Gasteiger partial charge in [-0.25, -0.2) is 0 Å². The van der Waals surface area contributed by atoms with Gasteiger partial charge < -0.3 is 5.32 Å². The summed E-state index contributed by atoms with van der Waals surface area (Å²) in [5, 5.41) is 11.1. The Morgan fingerprint density at radius 2 is 2.31 bits per heavy atom. The molecule has 0 saturated heterocycles. The fourth-order valence-electron chi connectivity index (χ4n) is 1.84. The van der Waals surface area contributed by atoms with Crippen molar-refractivity contribution in [1.82, 2.24) is 5.32 Å². The predicted molar refractivity (Wildman–Crippen MR) is 49.7 cm³/mol. The Kier molecular flexibility index (Phi) is 2.60. The maximum atomic E-state index is 11.1. The van der Waals surface area contributed by atoms with Gasteiger partial charge in [0.25, 0.3) is 0 Å². The standard InChI is InChI=1S/C10H16N2O/c1-7(8-6-10(8,2)3)12-9(13)4-5-11/h7-8H,4,6H2,1-3H3,(H,12,13). The van der Waals surface area contributed by atoms with Gasteiger partial charge in [-0.05, 0) is 24.7 Å². The van der Waals surface area contributed by atoms with Crippen molar-refractivity contribution in [1.29, 1.82) is 5.26 Å². The number of carbonyl (C=O) groups excluding carboxylic acids is 1. The van der Waals surface area contributed by atoms with Crippen molar-refractivity contribution in [2.45, 2.75) is 39.7 Å². The highest BCUT2D eigenvalue weighted by atomic mass is 16.1. The lowest BCUT2D eigenvalue weighted by atomic mass is 10.1. The van der Waals surface area contributed by atoms with Crippen LogP contribution in [-0.4, -0.2) is 11.9 Å². The molecular formula is C10H16N2O. The zero-order valence-electron chi connectivity index (χ0n) is 8.42. The summed E-state index contributed by atoms with van der Waals surface area (Å²) in [5.41, 5.74) is 0.374. The summed E-state index contributed by atoms with van der Waals surface area (Å²) in [6.07, 6.45) is 1.14. The van der Waals surface area contributed by atoms with E-state index >= 15 is 0 Å². The van der Waals surface area contributed by atoms with Gasteiger partial charge in [-0.1, -0.05) is 13.8 Å². The number of nitrogens with zero attached hydrogens (tertiary/aromatic N) is 1. The first-order valence-corrected chi connectivity index (χ1v) is 4.63. The summed E-state index contributed by atoms with van der Waals surface area (Å²) in [5.74, 6) is 0.424. The molecule has 0 bridgehead atoms. The van der Waals surface area contributed by atoms with Crippen LogP contribution in [0, 0.1) is 22.7 Å². The molecule has 1 rings (SSSR count). The Morgan fingerprint density at radius 1 is 1.77 bits per heavy atom. The largest absolute Gasteiger partial charge is 0.352 e. The van der Waals surface area contributed by atoms with Crippen LogP contribution in [0.25, 0.3) is 0 Å². The molecule has 1 fully saturated rings. The van der Waals surface area contributed by atoms with Crippen LogP contribution in [0.5, 0.6) is 0 Å². The number of nitrogens with one attached hydrogen (secondary N) is 1. The maximum Gasteiger partial charge on any atom is 0.234 e. The van der Waals surface area contributed by atoms with Crippen molar-refractivity contribution < 1.29 is 4.79 Å². The van der Waals surface area contributed by atoms with Gasteiger partial charge in [0.05, 0.1) is 6.07 Å². The Hall–Kier alpha value is -1.04. The highest BCUT2D eigenvalue weighted by Crippen LogP contribution is 2.53. The second-order valence-corrected chi connectivity index (χ2v) is 4.49. The van der Waals surface area contributed by atoms with Gasteiger partial charge in [-0.15, -0.1) is 0 Å². The minimum absolute atomic E-state index is 0.0303. The Balaban J connectivity index is 2.31. The third kappa shape index (κ3) is 2.45. The SMILES string of the molecule is CC(NC(=O)CC#N)C1CC1(C)C. The molecule has 1 amide bonds. The molecule has 3 nitrogen and oxygen atoms in total. The van der Waals surface area contributed by atoms with Gasteiger partial charge in [0.1, 0.15) is 6.42 Å². The third-order valence-corrected chi connectivity index (χ3v) is 2.82. The van der Waals surface area contributed by atoms with Crippen LogP contribution in [0.15, 0.2) is 0 Å². The van der Waals surface area contributed by atoms with Crippen LogP contribution in [0.3, 0.4) is 0 Å². The van der Waals surface area contributed by atoms with Crippen LogP contribution < -0.4 is 5.32 Å². The average Bonchev–Trinajstić information content (AvgIpc) is 2.60. The molecule has 1 aliphatic carbocycles. The number of hydrogen-bond donors (Lipinski definition) is 1. The lowest BCUT2D eigenvalue weighted by Crippen LogP contribution is -2.34. The summed E-state index contributed by atoms with van der Waals surface area (Å²) < 4.78 is 0. The summed E-state index contributed by atoms with van der Waals surface area (Å²) >= 11 is 0. The zero-order chi connectivity index (χ0) is 10.1. The predicted octanol–water partition coefficient (Wildman–Crippen LogP) is 1.45. The quantitative estimate of drug-likeness (QED) is 0.714. The fraction of sp³-hybridized carbons (Fsp3) is 0.800. The number of rotatable bonds is 3. The smallest absolute Gasteiger partial charge is 0.234 e. The van der Waals surface area contributed by atoms with Gasteiger partial charge in [0, 0.05) is 6.04 Å². The first kappa shape index (κ1) is 10.0. The number of nitriles is 1. The maximum absolute atomic E-state index is 11.1. The van der Waals surface area contributed by atoms with Gasteiger partial charge in [0.15, 0.2) is 0 Å². The van der Waals surface area contributed by atoms with E-state index in [9.17, 15) is 4.79 Å². The number of amides is 1. The molecule has 1 aliphatic rings.